The van der Waals surface area contributed by atoms with E-state index in [0.29, 0.717) is 6.04 Å². The van der Waals surface area contributed by atoms with E-state index in [0.717, 1.165) is 24.4 Å². The van der Waals surface area contributed by atoms with Crippen molar-refractivity contribution in [1.29, 1.82) is 0 Å². The molecule has 2 unspecified atom stereocenters. The molecular weight excluding hydrogens is 256 g/mol. The average Bonchev–Trinajstić information content (AvgIpc) is 2.41. The van der Waals surface area contributed by atoms with Gasteiger partial charge in [-0.1, -0.05) is 24.6 Å². The summed E-state index contributed by atoms with van der Waals surface area (Å²) in [7, 11) is 0. The first-order valence-corrected chi connectivity index (χ1v) is 7.80. The van der Waals surface area contributed by atoms with Crippen molar-refractivity contribution in [3.05, 3.63) is 28.8 Å². The predicted octanol–water partition coefficient (Wildman–Crippen LogP) is 4.00. The summed E-state index contributed by atoms with van der Waals surface area (Å²) in [5.74, 6) is 0. The second-order valence-electron chi connectivity index (χ2n) is 5.69. The summed E-state index contributed by atoms with van der Waals surface area (Å²) in [6.45, 7) is 5.56. The van der Waals surface area contributed by atoms with Gasteiger partial charge < -0.3 is 10.6 Å². The molecule has 1 fully saturated rings. The number of nitrogens with two attached hydrogens (primary N) is 1. The Morgan fingerprint density at radius 2 is 2.21 bits per heavy atom. The smallest absolute Gasteiger partial charge is 0.0459 e. The van der Waals surface area contributed by atoms with Crippen molar-refractivity contribution in [2.75, 3.05) is 11.4 Å². The molecule has 3 heteroatoms. The molecule has 0 bridgehead atoms. The molecule has 2 nitrogen and oxygen atoms in total. The van der Waals surface area contributed by atoms with Crippen LogP contribution in [0.2, 0.25) is 5.02 Å². The highest BCUT2D eigenvalue weighted by atomic mass is 35.5. The van der Waals surface area contributed by atoms with Gasteiger partial charge in [-0.25, -0.2) is 0 Å². The second kappa shape index (κ2) is 6.62. The van der Waals surface area contributed by atoms with Gasteiger partial charge in [0, 0.05) is 29.3 Å². The van der Waals surface area contributed by atoms with Gasteiger partial charge >= 0.3 is 0 Å². The second-order valence-corrected chi connectivity index (χ2v) is 6.09. The maximum absolute atomic E-state index is 6.42. The molecule has 2 N–H and O–H groups in total. The van der Waals surface area contributed by atoms with E-state index in [-0.39, 0.29) is 6.04 Å². The van der Waals surface area contributed by atoms with Crippen LogP contribution >= 0.6 is 11.6 Å². The SMILES string of the molecule is CCC(N)Cc1ccc(N2CCCCC2C)cc1Cl. The molecule has 106 valence electrons. The van der Waals surface area contributed by atoms with Gasteiger partial charge in [-0.15, -0.1) is 0 Å². The van der Waals surface area contributed by atoms with Crippen LogP contribution in [0.25, 0.3) is 0 Å². The maximum atomic E-state index is 6.42. The van der Waals surface area contributed by atoms with Crippen LogP contribution in [0, 0.1) is 0 Å². The third kappa shape index (κ3) is 3.64. The average molecular weight is 281 g/mol. The molecular formula is C16H25ClN2. The number of anilines is 1. The standard InChI is InChI=1S/C16H25ClN2/c1-3-14(18)10-13-7-8-15(11-16(13)17)19-9-5-4-6-12(19)2/h7-8,11-12,14H,3-6,9-10,18H2,1-2H3. The zero-order chi connectivity index (χ0) is 13.8. The van der Waals surface area contributed by atoms with E-state index >= 15 is 0 Å². The van der Waals surface area contributed by atoms with E-state index in [1.807, 2.05) is 0 Å². The van der Waals surface area contributed by atoms with E-state index < -0.39 is 0 Å². The first-order chi connectivity index (χ1) is 9.11. The normalized spacial score (nSPS) is 21.5. The van der Waals surface area contributed by atoms with E-state index in [9.17, 15) is 0 Å². The molecule has 19 heavy (non-hydrogen) atoms. The number of nitrogens with zero attached hydrogens (tertiary/aromatic N) is 1. The molecule has 1 aliphatic heterocycles. The summed E-state index contributed by atoms with van der Waals surface area (Å²) in [4.78, 5) is 2.47. The molecule has 0 saturated carbocycles. The van der Waals surface area contributed by atoms with Crippen LogP contribution in [0.5, 0.6) is 0 Å². The van der Waals surface area contributed by atoms with Crippen LogP contribution < -0.4 is 10.6 Å². The van der Waals surface area contributed by atoms with E-state index in [2.05, 4.69) is 36.9 Å². The Balaban J connectivity index is 2.13. The van der Waals surface area contributed by atoms with Gasteiger partial charge in [0.15, 0.2) is 0 Å². The Labute approximate surface area is 121 Å². The van der Waals surface area contributed by atoms with Gasteiger partial charge in [-0.2, -0.15) is 0 Å². The quantitative estimate of drug-likeness (QED) is 0.903. The van der Waals surface area contributed by atoms with Gasteiger partial charge in [-0.05, 0) is 56.7 Å². The number of rotatable bonds is 4. The van der Waals surface area contributed by atoms with Crippen molar-refractivity contribution in [2.24, 2.45) is 5.73 Å². The van der Waals surface area contributed by atoms with E-state index in [1.165, 1.54) is 30.5 Å². The maximum Gasteiger partial charge on any atom is 0.0459 e. The van der Waals surface area contributed by atoms with Crippen LogP contribution in [-0.2, 0) is 6.42 Å². The molecule has 0 radical (unpaired) electrons. The van der Waals surface area contributed by atoms with Crippen LogP contribution in [0.1, 0.15) is 45.1 Å². The fraction of sp³-hybridized carbons (Fsp3) is 0.625. The van der Waals surface area contributed by atoms with Gasteiger partial charge in [0.2, 0.25) is 0 Å². The first-order valence-electron chi connectivity index (χ1n) is 7.42. The highest BCUT2D eigenvalue weighted by Gasteiger charge is 2.19. The van der Waals surface area contributed by atoms with Crippen molar-refractivity contribution in [1.82, 2.24) is 0 Å². The van der Waals surface area contributed by atoms with Crippen LogP contribution in [0.15, 0.2) is 18.2 Å². The van der Waals surface area contributed by atoms with Gasteiger partial charge in [0.25, 0.3) is 0 Å². The number of piperidine rings is 1. The van der Waals surface area contributed by atoms with Gasteiger partial charge in [-0.3, -0.25) is 0 Å². The monoisotopic (exact) mass is 280 g/mol. The number of benzene rings is 1. The van der Waals surface area contributed by atoms with Gasteiger partial charge in [0.05, 0.1) is 0 Å². The fourth-order valence-corrected chi connectivity index (χ4v) is 3.04. The van der Waals surface area contributed by atoms with Crippen molar-refractivity contribution in [2.45, 2.75) is 58.0 Å². The van der Waals surface area contributed by atoms with E-state index in [4.69, 9.17) is 17.3 Å². The summed E-state index contributed by atoms with van der Waals surface area (Å²) >= 11 is 6.42. The molecule has 1 heterocycles. The minimum absolute atomic E-state index is 0.206. The molecule has 0 aliphatic carbocycles. The minimum Gasteiger partial charge on any atom is -0.369 e. The molecule has 0 aromatic heterocycles. The zero-order valence-corrected chi connectivity index (χ0v) is 12.8. The van der Waals surface area contributed by atoms with Crippen molar-refractivity contribution < 1.29 is 0 Å². The van der Waals surface area contributed by atoms with Gasteiger partial charge in [0.1, 0.15) is 0 Å². The molecule has 1 saturated heterocycles. The van der Waals surface area contributed by atoms with Crippen molar-refractivity contribution >= 4 is 17.3 Å². The zero-order valence-electron chi connectivity index (χ0n) is 12.0. The third-order valence-corrected chi connectivity index (χ3v) is 4.53. The summed E-state index contributed by atoms with van der Waals surface area (Å²) in [6.07, 6.45) is 5.76. The summed E-state index contributed by atoms with van der Waals surface area (Å²) in [5.41, 5.74) is 8.43. The Kier molecular flexibility index (Phi) is 5.12. The number of hydrogen-bond donors (Lipinski definition) is 1. The molecule has 2 rings (SSSR count). The third-order valence-electron chi connectivity index (χ3n) is 4.18. The Bertz CT molecular complexity index is 419. The van der Waals surface area contributed by atoms with Crippen molar-refractivity contribution in [3.8, 4) is 0 Å². The van der Waals surface area contributed by atoms with Crippen LogP contribution in [-0.4, -0.2) is 18.6 Å². The summed E-state index contributed by atoms with van der Waals surface area (Å²) < 4.78 is 0. The van der Waals surface area contributed by atoms with Crippen LogP contribution in [0.3, 0.4) is 0 Å². The molecule has 1 aliphatic rings. The first kappa shape index (κ1) is 14.7. The molecule has 0 spiro atoms. The predicted molar refractivity (Wildman–Crippen MR) is 84.1 cm³/mol. The highest BCUT2D eigenvalue weighted by Crippen LogP contribution is 2.29. The lowest BCUT2D eigenvalue weighted by Crippen LogP contribution is -2.37. The minimum atomic E-state index is 0.206. The Morgan fingerprint density at radius 3 is 2.84 bits per heavy atom. The largest absolute Gasteiger partial charge is 0.369 e. The molecule has 0 amide bonds. The lowest BCUT2D eigenvalue weighted by Gasteiger charge is -2.35. The van der Waals surface area contributed by atoms with E-state index in [1.54, 1.807) is 0 Å². The number of halogens is 1. The topological polar surface area (TPSA) is 29.3 Å². The number of hydrogen-bond acceptors (Lipinski definition) is 2. The van der Waals surface area contributed by atoms with Crippen LogP contribution in [0.4, 0.5) is 5.69 Å². The fourth-order valence-electron chi connectivity index (χ4n) is 2.79. The summed E-state index contributed by atoms with van der Waals surface area (Å²) in [6, 6.07) is 7.28. The highest BCUT2D eigenvalue weighted by molar-refractivity contribution is 6.31. The lowest BCUT2D eigenvalue weighted by atomic mass is 10.0. The lowest BCUT2D eigenvalue weighted by molar-refractivity contribution is 0.485. The van der Waals surface area contributed by atoms with Crippen molar-refractivity contribution in [3.63, 3.8) is 0 Å². The summed E-state index contributed by atoms with van der Waals surface area (Å²) in [5, 5.41) is 0.860. The Morgan fingerprint density at radius 1 is 1.42 bits per heavy atom. The molecule has 2 atom stereocenters. The molecule has 1 aromatic carbocycles. The molecule has 1 aromatic rings. The Hall–Kier alpha value is -0.730.